The fraction of sp³-hybridized carbons (Fsp3) is 0.560. The minimum atomic E-state index is -2.81. The van der Waals surface area contributed by atoms with Crippen LogP contribution in [0.3, 0.4) is 0 Å². The molecule has 2 aromatic heterocycles. The van der Waals surface area contributed by atoms with Crippen molar-refractivity contribution in [1.29, 1.82) is 0 Å². The van der Waals surface area contributed by atoms with Gasteiger partial charge in [-0.2, -0.15) is 15.0 Å². The molecule has 14 heteroatoms. The van der Waals surface area contributed by atoms with Gasteiger partial charge in [-0.3, -0.25) is 4.57 Å². The number of methoxy groups -OCH3 is 1. The second kappa shape index (κ2) is 12.5. The number of rotatable bonds is 9. The highest BCUT2D eigenvalue weighted by Crippen LogP contribution is 2.28. The number of ether oxygens (including phenoxy) is 2. The summed E-state index contributed by atoms with van der Waals surface area (Å²) in [5.41, 5.74) is 0.931. The van der Waals surface area contributed by atoms with Crippen molar-refractivity contribution >= 4 is 29.0 Å². The number of carbonyl (C=O) groups is 1. The van der Waals surface area contributed by atoms with Crippen molar-refractivity contribution in [3.05, 3.63) is 30.1 Å². The van der Waals surface area contributed by atoms with Gasteiger partial charge in [-0.25, -0.2) is 18.6 Å². The van der Waals surface area contributed by atoms with Gasteiger partial charge in [0.15, 0.2) is 5.82 Å². The Morgan fingerprint density at radius 1 is 1.05 bits per heavy atom. The van der Waals surface area contributed by atoms with E-state index in [2.05, 4.69) is 35.9 Å². The molecule has 2 aliphatic rings. The summed E-state index contributed by atoms with van der Waals surface area (Å²) in [6.45, 7) is 3.12. The molecule has 0 spiro atoms. The number of benzene rings is 1. The molecule has 0 bridgehead atoms. The first-order chi connectivity index (χ1) is 19.0. The molecule has 2 amide bonds. The molecule has 1 aromatic carbocycles. The molecular weight excluding hydrogens is 512 g/mol. The molecule has 3 N–H and O–H groups in total. The molecule has 1 saturated carbocycles. The number of aromatic nitrogens is 5. The van der Waals surface area contributed by atoms with Crippen molar-refractivity contribution in [3.8, 4) is 5.95 Å². The number of carbonyl (C=O) groups excluding carboxylic acids is 1. The number of hydrogen-bond acceptors (Lipinski definition) is 9. The van der Waals surface area contributed by atoms with Gasteiger partial charge < -0.3 is 30.3 Å². The molecule has 1 saturated heterocycles. The van der Waals surface area contributed by atoms with Crippen LogP contribution in [0.25, 0.3) is 17.0 Å². The van der Waals surface area contributed by atoms with Gasteiger partial charge in [0.25, 0.3) is 6.43 Å². The number of imidazole rings is 1. The number of hydrogen-bond donors (Lipinski definition) is 3. The van der Waals surface area contributed by atoms with Crippen LogP contribution >= 0.6 is 0 Å². The Hall–Kier alpha value is -3.65. The summed E-state index contributed by atoms with van der Waals surface area (Å²) >= 11 is 0. The summed E-state index contributed by atoms with van der Waals surface area (Å²) in [7, 11) is 1.59. The highest BCUT2D eigenvalue weighted by atomic mass is 19.3. The minimum Gasteiger partial charge on any atom is -0.383 e. The van der Waals surface area contributed by atoms with Crippen molar-refractivity contribution < 1.29 is 23.0 Å². The van der Waals surface area contributed by atoms with Gasteiger partial charge in [0.2, 0.25) is 17.8 Å². The molecule has 3 heterocycles. The van der Waals surface area contributed by atoms with Gasteiger partial charge in [-0.15, -0.1) is 0 Å². The average Bonchev–Trinajstić information content (AvgIpc) is 3.35. The molecule has 12 nitrogen and oxygen atoms in total. The van der Waals surface area contributed by atoms with E-state index in [9.17, 15) is 13.6 Å². The molecule has 39 heavy (non-hydrogen) atoms. The molecule has 0 unspecified atom stereocenters. The zero-order chi connectivity index (χ0) is 27.2. The van der Waals surface area contributed by atoms with Crippen LogP contribution in [-0.4, -0.2) is 89.2 Å². The topological polar surface area (TPSA) is 131 Å². The van der Waals surface area contributed by atoms with Crippen LogP contribution in [0, 0.1) is 0 Å². The molecule has 2 fully saturated rings. The smallest absolute Gasteiger partial charge is 0.315 e. The van der Waals surface area contributed by atoms with Crippen LogP contribution < -0.4 is 20.9 Å². The average molecular weight is 546 g/mol. The van der Waals surface area contributed by atoms with Gasteiger partial charge in [0, 0.05) is 38.8 Å². The second-order valence-corrected chi connectivity index (χ2v) is 9.54. The Balaban J connectivity index is 1.36. The lowest BCUT2D eigenvalue weighted by molar-refractivity contribution is 0.122. The molecule has 1 aliphatic carbocycles. The van der Waals surface area contributed by atoms with E-state index in [1.54, 1.807) is 31.4 Å². The third-order valence-electron chi connectivity index (χ3n) is 6.88. The fourth-order valence-corrected chi connectivity index (χ4v) is 4.89. The van der Waals surface area contributed by atoms with E-state index in [4.69, 9.17) is 9.47 Å². The molecular formula is C25H33F2N9O3. The van der Waals surface area contributed by atoms with Gasteiger partial charge >= 0.3 is 6.03 Å². The number of fused-ring (bicyclic) bond motifs is 1. The SMILES string of the molecule is COCCNC(=O)N[C@H]1CC[C@H](Nc2nc(N3CCOCC3)nc(-n3c(C(F)F)nc4ccccc43)n2)CC1. The minimum absolute atomic E-state index is 0.0569. The predicted molar refractivity (Wildman–Crippen MR) is 141 cm³/mol. The summed E-state index contributed by atoms with van der Waals surface area (Å²) in [6.07, 6.45) is 0.323. The van der Waals surface area contributed by atoms with Crippen LogP contribution in [-0.2, 0) is 9.47 Å². The van der Waals surface area contributed by atoms with Gasteiger partial charge in [-0.05, 0) is 37.8 Å². The van der Waals surface area contributed by atoms with E-state index in [1.165, 1.54) is 4.57 Å². The number of morpholine rings is 1. The summed E-state index contributed by atoms with van der Waals surface area (Å²) in [5, 5.41) is 9.16. The van der Waals surface area contributed by atoms with Crippen molar-refractivity contribution in [2.45, 2.75) is 44.2 Å². The Labute approximate surface area is 224 Å². The first kappa shape index (κ1) is 26.9. The van der Waals surface area contributed by atoms with Crippen LogP contribution in [0.5, 0.6) is 0 Å². The fourth-order valence-electron chi connectivity index (χ4n) is 4.89. The Morgan fingerprint density at radius 2 is 1.77 bits per heavy atom. The molecule has 3 aromatic rings. The maximum atomic E-state index is 14.1. The van der Waals surface area contributed by atoms with E-state index in [0.29, 0.717) is 62.4 Å². The van der Waals surface area contributed by atoms with E-state index in [0.717, 1.165) is 25.7 Å². The molecule has 210 valence electrons. The standard InChI is InChI=1S/C25H33F2N9O3/c1-38-13-10-28-25(37)30-17-8-6-16(7-9-17)29-22-32-23(35-11-14-39-15-12-35)34-24(33-22)36-19-5-3-2-4-18(19)31-21(36)20(26)27/h2-5,16-17,20H,6-15H2,1H3,(H2,28,30,37)(H,29,32,33,34)/t16-,17-. The first-order valence-electron chi connectivity index (χ1n) is 13.2. The van der Waals surface area contributed by atoms with E-state index in [1.807, 2.05) is 4.90 Å². The number of para-hydroxylation sites is 2. The Kier molecular flexibility index (Phi) is 8.61. The molecule has 5 rings (SSSR count). The Bertz CT molecular complexity index is 1260. The second-order valence-electron chi connectivity index (χ2n) is 9.54. The van der Waals surface area contributed by atoms with Crippen LogP contribution in [0.15, 0.2) is 24.3 Å². The van der Waals surface area contributed by atoms with E-state index >= 15 is 0 Å². The maximum Gasteiger partial charge on any atom is 0.315 e. The van der Waals surface area contributed by atoms with Crippen molar-refractivity contribution in [1.82, 2.24) is 35.1 Å². The summed E-state index contributed by atoms with van der Waals surface area (Å²) in [6, 6.07) is 6.84. The number of alkyl halides is 2. The summed E-state index contributed by atoms with van der Waals surface area (Å²) in [5.74, 6) is 0.373. The quantitative estimate of drug-likeness (QED) is 0.347. The van der Waals surface area contributed by atoms with Crippen molar-refractivity contribution in [2.24, 2.45) is 0 Å². The predicted octanol–water partition coefficient (Wildman–Crippen LogP) is 2.65. The number of anilines is 2. The number of urea groups is 1. The highest BCUT2D eigenvalue weighted by molar-refractivity contribution is 5.77. The molecule has 0 radical (unpaired) electrons. The molecule has 1 aliphatic heterocycles. The van der Waals surface area contributed by atoms with Gasteiger partial charge in [0.1, 0.15) is 0 Å². The summed E-state index contributed by atoms with van der Waals surface area (Å²) < 4.78 is 39.8. The summed E-state index contributed by atoms with van der Waals surface area (Å²) in [4.78, 5) is 32.0. The van der Waals surface area contributed by atoms with Crippen LogP contribution in [0.2, 0.25) is 0 Å². The maximum absolute atomic E-state index is 14.1. The lowest BCUT2D eigenvalue weighted by Crippen LogP contribution is -2.45. The lowest BCUT2D eigenvalue weighted by Gasteiger charge is -2.30. The Morgan fingerprint density at radius 3 is 2.51 bits per heavy atom. The van der Waals surface area contributed by atoms with Crippen molar-refractivity contribution in [3.63, 3.8) is 0 Å². The third kappa shape index (κ3) is 6.50. The van der Waals surface area contributed by atoms with Crippen LogP contribution in [0.1, 0.15) is 37.9 Å². The first-order valence-corrected chi connectivity index (χ1v) is 13.2. The number of halogens is 2. The lowest BCUT2D eigenvalue weighted by atomic mass is 9.91. The van der Waals surface area contributed by atoms with Gasteiger partial charge in [-0.1, -0.05) is 12.1 Å². The number of nitrogens with zero attached hydrogens (tertiary/aromatic N) is 6. The van der Waals surface area contributed by atoms with E-state index < -0.39 is 12.2 Å². The monoisotopic (exact) mass is 545 g/mol. The van der Waals surface area contributed by atoms with Crippen LogP contribution in [0.4, 0.5) is 25.5 Å². The zero-order valence-corrected chi connectivity index (χ0v) is 21.8. The largest absolute Gasteiger partial charge is 0.383 e. The number of amides is 2. The third-order valence-corrected chi connectivity index (χ3v) is 6.88. The van der Waals surface area contributed by atoms with Gasteiger partial charge in [0.05, 0.1) is 30.9 Å². The number of nitrogens with one attached hydrogen (secondary N) is 3. The normalized spacial score (nSPS) is 19.8. The van der Waals surface area contributed by atoms with Crippen molar-refractivity contribution in [2.75, 3.05) is 56.8 Å². The highest BCUT2D eigenvalue weighted by Gasteiger charge is 2.26. The molecule has 0 atom stereocenters. The van der Waals surface area contributed by atoms with E-state index in [-0.39, 0.29) is 24.1 Å². The zero-order valence-electron chi connectivity index (χ0n) is 21.8.